The Hall–Kier alpha value is -0.450. The first-order chi connectivity index (χ1) is 8.85. The molecule has 0 aliphatic heterocycles. The van der Waals surface area contributed by atoms with Crippen molar-refractivity contribution in [3.63, 3.8) is 0 Å². The summed E-state index contributed by atoms with van der Waals surface area (Å²) in [6, 6.07) is 3.20. The number of hydrogen-bond donors (Lipinski definition) is 0. The van der Waals surface area contributed by atoms with Gasteiger partial charge in [0.15, 0.2) is 6.10 Å². The SMILES string of the molecule is COC(=O)C(CC(C)C)Oc1cc(Cl)c(Br)cc1Cl. The maximum absolute atomic E-state index is 11.7. The highest BCUT2D eigenvalue weighted by Crippen LogP contribution is 2.35. The highest BCUT2D eigenvalue weighted by molar-refractivity contribution is 9.10. The molecule has 0 aromatic heterocycles. The molecule has 0 radical (unpaired) electrons. The van der Waals surface area contributed by atoms with Gasteiger partial charge in [0.1, 0.15) is 5.75 Å². The lowest BCUT2D eigenvalue weighted by atomic mass is 10.1. The average molecular weight is 370 g/mol. The fourth-order valence-electron chi connectivity index (χ4n) is 1.50. The molecule has 3 nitrogen and oxygen atoms in total. The van der Waals surface area contributed by atoms with E-state index in [1.54, 1.807) is 12.1 Å². The molecule has 6 heteroatoms. The van der Waals surface area contributed by atoms with Crippen LogP contribution in [-0.4, -0.2) is 19.2 Å². The van der Waals surface area contributed by atoms with Crippen molar-refractivity contribution in [3.05, 3.63) is 26.7 Å². The lowest BCUT2D eigenvalue weighted by Crippen LogP contribution is -2.30. The van der Waals surface area contributed by atoms with Crippen LogP contribution in [0.1, 0.15) is 20.3 Å². The van der Waals surface area contributed by atoms with Gasteiger partial charge in [0, 0.05) is 10.5 Å². The van der Waals surface area contributed by atoms with Gasteiger partial charge >= 0.3 is 5.97 Å². The van der Waals surface area contributed by atoms with Gasteiger partial charge in [0.2, 0.25) is 0 Å². The zero-order chi connectivity index (χ0) is 14.6. The first-order valence-corrected chi connectivity index (χ1v) is 7.29. The second kappa shape index (κ2) is 7.36. The lowest BCUT2D eigenvalue weighted by Gasteiger charge is -2.19. The summed E-state index contributed by atoms with van der Waals surface area (Å²) in [5.74, 6) is 0.225. The van der Waals surface area contributed by atoms with Crippen LogP contribution in [0.15, 0.2) is 16.6 Å². The molecule has 0 fully saturated rings. The van der Waals surface area contributed by atoms with Crippen molar-refractivity contribution in [2.24, 2.45) is 5.92 Å². The lowest BCUT2D eigenvalue weighted by molar-refractivity contribution is -0.149. The van der Waals surface area contributed by atoms with Crippen LogP contribution < -0.4 is 4.74 Å². The number of benzene rings is 1. The van der Waals surface area contributed by atoms with Gasteiger partial charge in [-0.2, -0.15) is 0 Å². The van der Waals surface area contributed by atoms with E-state index in [0.717, 1.165) is 0 Å². The average Bonchev–Trinajstić information content (AvgIpc) is 2.33. The predicted octanol–water partition coefficient (Wildman–Crippen LogP) is 4.72. The summed E-state index contributed by atoms with van der Waals surface area (Å²) in [5, 5.41) is 0.849. The van der Waals surface area contributed by atoms with E-state index in [0.29, 0.717) is 26.7 Å². The largest absolute Gasteiger partial charge is 0.477 e. The minimum Gasteiger partial charge on any atom is -0.477 e. The fourth-order valence-corrected chi connectivity index (χ4v) is 2.34. The number of carbonyl (C=O) groups excluding carboxylic acids is 1. The predicted molar refractivity (Wildman–Crippen MR) is 80.0 cm³/mol. The molecule has 0 bridgehead atoms. The van der Waals surface area contributed by atoms with Crippen LogP contribution in [0.2, 0.25) is 10.0 Å². The summed E-state index contributed by atoms with van der Waals surface area (Å²) in [4.78, 5) is 11.7. The van der Waals surface area contributed by atoms with Gasteiger partial charge < -0.3 is 9.47 Å². The number of hydrogen-bond acceptors (Lipinski definition) is 3. The number of esters is 1. The highest BCUT2D eigenvalue weighted by atomic mass is 79.9. The molecule has 1 atom stereocenters. The molecule has 1 rings (SSSR count). The number of carbonyl (C=O) groups is 1. The zero-order valence-corrected chi connectivity index (χ0v) is 14.0. The maximum atomic E-state index is 11.7. The topological polar surface area (TPSA) is 35.5 Å². The van der Waals surface area contributed by atoms with Crippen LogP contribution >= 0.6 is 39.1 Å². The summed E-state index contributed by atoms with van der Waals surface area (Å²) in [5.41, 5.74) is 0. The number of methoxy groups -OCH3 is 1. The van der Waals surface area contributed by atoms with Crippen LogP contribution in [0.3, 0.4) is 0 Å². The number of halogens is 3. The number of rotatable bonds is 5. The molecule has 0 aliphatic carbocycles. The van der Waals surface area contributed by atoms with Gasteiger partial charge in [-0.25, -0.2) is 4.79 Å². The van der Waals surface area contributed by atoms with E-state index in [9.17, 15) is 4.79 Å². The standard InChI is InChI=1S/C13H15BrCl2O3/c1-7(2)4-12(13(17)18-3)19-11-6-9(15)8(14)5-10(11)16/h5-7,12H,4H2,1-3H3. The molecule has 19 heavy (non-hydrogen) atoms. The van der Waals surface area contributed by atoms with Crippen molar-refractivity contribution in [1.29, 1.82) is 0 Å². The monoisotopic (exact) mass is 368 g/mol. The summed E-state index contributed by atoms with van der Waals surface area (Å²) in [7, 11) is 1.33. The van der Waals surface area contributed by atoms with Crippen LogP contribution in [-0.2, 0) is 9.53 Å². The van der Waals surface area contributed by atoms with Gasteiger partial charge in [-0.1, -0.05) is 37.0 Å². The fraction of sp³-hybridized carbons (Fsp3) is 0.462. The van der Waals surface area contributed by atoms with Crippen LogP contribution in [0.5, 0.6) is 5.75 Å². The maximum Gasteiger partial charge on any atom is 0.347 e. The van der Waals surface area contributed by atoms with E-state index in [1.165, 1.54) is 7.11 Å². The zero-order valence-electron chi connectivity index (χ0n) is 10.9. The van der Waals surface area contributed by atoms with Crippen LogP contribution in [0, 0.1) is 5.92 Å². The molecular weight excluding hydrogens is 355 g/mol. The van der Waals surface area contributed by atoms with E-state index in [1.807, 2.05) is 13.8 Å². The van der Waals surface area contributed by atoms with Gasteiger partial charge in [-0.15, -0.1) is 0 Å². The van der Waals surface area contributed by atoms with Crippen molar-refractivity contribution in [3.8, 4) is 5.75 Å². The smallest absolute Gasteiger partial charge is 0.347 e. The molecule has 0 heterocycles. The Kier molecular flexibility index (Phi) is 6.43. The highest BCUT2D eigenvalue weighted by Gasteiger charge is 2.23. The van der Waals surface area contributed by atoms with Gasteiger partial charge in [-0.05, 0) is 34.3 Å². The molecular formula is C13H15BrCl2O3. The Bertz CT molecular complexity index is 463. The molecule has 1 aromatic rings. The quantitative estimate of drug-likeness (QED) is 0.556. The minimum absolute atomic E-state index is 0.286. The normalized spacial score (nSPS) is 12.4. The van der Waals surface area contributed by atoms with Crippen LogP contribution in [0.4, 0.5) is 0 Å². The Morgan fingerprint density at radius 2 is 1.95 bits per heavy atom. The van der Waals surface area contributed by atoms with Gasteiger partial charge in [0.25, 0.3) is 0 Å². The third-order valence-electron chi connectivity index (χ3n) is 2.39. The summed E-state index contributed by atoms with van der Waals surface area (Å²) in [6.45, 7) is 3.99. The molecule has 106 valence electrons. The summed E-state index contributed by atoms with van der Waals surface area (Å²) >= 11 is 15.3. The third kappa shape index (κ3) is 4.86. The van der Waals surface area contributed by atoms with Gasteiger partial charge in [0.05, 0.1) is 17.2 Å². The van der Waals surface area contributed by atoms with Gasteiger partial charge in [-0.3, -0.25) is 0 Å². The second-order valence-corrected chi connectivity index (χ2v) is 6.12. The molecule has 1 unspecified atom stereocenters. The molecule has 0 amide bonds. The molecule has 0 aliphatic rings. The summed E-state index contributed by atoms with van der Waals surface area (Å²) < 4.78 is 11.0. The van der Waals surface area contributed by atoms with E-state index >= 15 is 0 Å². The molecule has 1 aromatic carbocycles. The Morgan fingerprint density at radius 3 is 2.47 bits per heavy atom. The van der Waals surface area contributed by atoms with Crippen LogP contribution in [0.25, 0.3) is 0 Å². The first kappa shape index (κ1) is 16.6. The third-order valence-corrected chi connectivity index (χ3v) is 3.89. The minimum atomic E-state index is -0.695. The molecule has 0 spiro atoms. The van der Waals surface area contributed by atoms with Crippen molar-refractivity contribution in [1.82, 2.24) is 0 Å². The molecule has 0 saturated heterocycles. The second-order valence-electron chi connectivity index (χ2n) is 4.46. The number of ether oxygens (including phenoxy) is 2. The Morgan fingerprint density at radius 1 is 1.32 bits per heavy atom. The first-order valence-electron chi connectivity index (χ1n) is 5.74. The summed E-state index contributed by atoms with van der Waals surface area (Å²) in [6.07, 6.45) is -0.156. The Balaban J connectivity index is 2.96. The van der Waals surface area contributed by atoms with E-state index in [2.05, 4.69) is 15.9 Å². The Labute approximate surface area is 131 Å². The molecule has 0 saturated carbocycles. The van der Waals surface area contributed by atoms with E-state index in [-0.39, 0.29) is 5.92 Å². The van der Waals surface area contributed by atoms with Crippen molar-refractivity contribution < 1.29 is 14.3 Å². The van der Waals surface area contributed by atoms with E-state index in [4.69, 9.17) is 32.7 Å². The van der Waals surface area contributed by atoms with E-state index < -0.39 is 12.1 Å². The molecule has 0 N–H and O–H groups in total. The van der Waals surface area contributed by atoms with Crippen molar-refractivity contribution >= 4 is 45.1 Å². The van der Waals surface area contributed by atoms with Crippen molar-refractivity contribution in [2.45, 2.75) is 26.4 Å². The van der Waals surface area contributed by atoms with Crippen molar-refractivity contribution in [2.75, 3.05) is 7.11 Å².